The average Bonchev–Trinajstić information content (AvgIpc) is 3.12. The van der Waals surface area contributed by atoms with Crippen LogP contribution in [0.2, 0.25) is 5.02 Å². The number of carbonyl (C=O) groups excluding carboxylic acids is 2. The Morgan fingerprint density at radius 3 is 2.36 bits per heavy atom. The van der Waals surface area contributed by atoms with Crippen LogP contribution in [0, 0.1) is 18.3 Å². The molecule has 1 aliphatic rings. The lowest BCUT2D eigenvalue weighted by molar-refractivity contribution is 0.102. The van der Waals surface area contributed by atoms with Gasteiger partial charge in [-0.2, -0.15) is 0 Å². The van der Waals surface area contributed by atoms with Gasteiger partial charge in [-0.25, -0.2) is 0 Å². The maximum atomic E-state index is 13.4. The number of hydrogen-bond donors (Lipinski definition) is 2. The van der Waals surface area contributed by atoms with Crippen LogP contribution in [0.4, 0.5) is 10.7 Å². The molecule has 0 fully saturated rings. The number of fused-ring (bicyclic) bond motifs is 1. The summed E-state index contributed by atoms with van der Waals surface area (Å²) in [4.78, 5) is 27.6. The van der Waals surface area contributed by atoms with Gasteiger partial charge < -0.3 is 10.6 Å². The zero-order valence-corrected chi connectivity index (χ0v) is 21.0. The zero-order valence-electron chi connectivity index (χ0n) is 19.4. The van der Waals surface area contributed by atoms with Crippen LogP contribution in [0.1, 0.15) is 63.9 Å². The third kappa shape index (κ3) is 5.15. The van der Waals surface area contributed by atoms with Crippen molar-refractivity contribution >= 4 is 45.4 Å². The molecular weight excluding hydrogens is 452 g/mol. The normalized spacial score (nSPS) is 15.6. The van der Waals surface area contributed by atoms with Gasteiger partial charge in [-0.1, -0.05) is 62.2 Å². The molecule has 6 heteroatoms. The summed E-state index contributed by atoms with van der Waals surface area (Å²) in [5.74, 6) is 0.0275. The molecule has 4 rings (SSSR count). The number of nitrogens with one attached hydrogen (secondary N) is 2. The van der Waals surface area contributed by atoms with Crippen molar-refractivity contribution in [3.8, 4) is 0 Å². The number of rotatable bonds is 4. The average molecular weight is 481 g/mol. The lowest BCUT2D eigenvalue weighted by atomic mass is 9.72. The Kier molecular flexibility index (Phi) is 6.64. The first-order valence-corrected chi connectivity index (χ1v) is 12.4. The maximum absolute atomic E-state index is 13.4. The molecule has 0 saturated carbocycles. The molecule has 1 aromatic heterocycles. The fourth-order valence-corrected chi connectivity index (χ4v) is 5.84. The zero-order chi connectivity index (χ0) is 23.8. The predicted octanol–water partition coefficient (Wildman–Crippen LogP) is 7.37. The minimum Gasteiger partial charge on any atom is -0.322 e. The molecule has 2 amide bonds. The van der Waals surface area contributed by atoms with Gasteiger partial charge in [0.15, 0.2) is 0 Å². The van der Waals surface area contributed by atoms with Crippen LogP contribution in [0.25, 0.3) is 0 Å². The highest BCUT2D eigenvalue weighted by Gasteiger charge is 2.34. The first-order valence-electron chi connectivity index (χ1n) is 11.2. The molecule has 0 radical (unpaired) electrons. The van der Waals surface area contributed by atoms with E-state index < -0.39 is 0 Å². The predicted molar refractivity (Wildman–Crippen MR) is 138 cm³/mol. The quantitative estimate of drug-likeness (QED) is 0.409. The van der Waals surface area contributed by atoms with Crippen molar-refractivity contribution in [2.75, 3.05) is 10.6 Å². The Bertz CT molecular complexity index is 1190. The monoisotopic (exact) mass is 480 g/mol. The number of aryl methyl sites for hydroxylation is 1. The molecule has 1 aliphatic carbocycles. The molecule has 0 saturated heterocycles. The molecule has 1 heterocycles. The number of hydrogen-bond acceptors (Lipinski definition) is 3. The van der Waals surface area contributed by atoms with Crippen molar-refractivity contribution < 1.29 is 9.59 Å². The molecule has 0 spiro atoms. The molecule has 0 aliphatic heterocycles. The van der Waals surface area contributed by atoms with Crippen molar-refractivity contribution in [2.45, 2.75) is 47.0 Å². The van der Waals surface area contributed by atoms with Crippen LogP contribution in [-0.4, -0.2) is 11.8 Å². The van der Waals surface area contributed by atoms with Gasteiger partial charge in [0.25, 0.3) is 11.8 Å². The van der Waals surface area contributed by atoms with E-state index in [9.17, 15) is 9.59 Å². The van der Waals surface area contributed by atoms with E-state index in [0.29, 0.717) is 27.1 Å². The minimum absolute atomic E-state index is 0.187. The van der Waals surface area contributed by atoms with Crippen molar-refractivity contribution in [1.29, 1.82) is 0 Å². The summed E-state index contributed by atoms with van der Waals surface area (Å²) < 4.78 is 0. The molecule has 33 heavy (non-hydrogen) atoms. The number of anilines is 2. The Morgan fingerprint density at radius 2 is 1.70 bits per heavy atom. The number of benzene rings is 2. The van der Waals surface area contributed by atoms with E-state index in [1.807, 2.05) is 31.2 Å². The third-order valence-electron chi connectivity index (χ3n) is 6.37. The van der Waals surface area contributed by atoms with E-state index in [1.54, 1.807) is 24.3 Å². The minimum atomic E-state index is -0.309. The fraction of sp³-hybridized carbons (Fsp3) is 0.333. The molecule has 1 atom stereocenters. The van der Waals surface area contributed by atoms with Crippen molar-refractivity contribution in [2.24, 2.45) is 11.3 Å². The van der Waals surface area contributed by atoms with Gasteiger partial charge >= 0.3 is 0 Å². The summed E-state index contributed by atoms with van der Waals surface area (Å²) in [5, 5.41) is 6.98. The number of carbonyl (C=O) groups is 2. The van der Waals surface area contributed by atoms with Crippen LogP contribution >= 0.6 is 22.9 Å². The second-order valence-corrected chi connectivity index (χ2v) is 11.3. The van der Waals surface area contributed by atoms with Gasteiger partial charge in [-0.05, 0) is 67.3 Å². The van der Waals surface area contributed by atoms with Gasteiger partial charge in [-0.15, -0.1) is 11.3 Å². The van der Waals surface area contributed by atoms with Crippen molar-refractivity contribution in [3.63, 3.8) is 0 Å². The first kappa shape index (κ1) is 23.5. The maximum Gasteiger partial charge on any atom is 0.258 e. The standard InChI is InChI=1S/C27H29ClN2O2S/c1-16-9-12-18(13-10-16)29-25(32)23-20-14-11-17(27(2,3)4)15-22(20)33-26(23)30-24(31)19-7-5-6-8-21(19)28/h5-10,12-13,17H,11,14-15H2,1-4H3,(H,29,32)(H,30,31). The fourth-order valence-electron chi connectivity index (χ4n) is 4.30. The van der Waals surface area contributed by atoms with E-state index in [-0.39, 0.29) is 17.2 Å². The van der Waals surface area contributed by atoms with Gasteiger partial charge in [0.05, 0.1) is 16.1 Å². The third-order valence-corrected chi connectivity index (χ3v) is 7.87. The summed E-state index contributed by atoms with van der Waals surface area (Å²) in [6.45, 7) is 8.80. The Labute approximate surface area is 204 Å². The van der Waals surface area contributed by atoms with Crippen LogP contribution in [0.5, 0.6) is 0 Å². The molecule has 172 valence electrons. The Hall–Kier alpha value is -2.63. The lowest BCUT2D eigenvalue weighted by Crippen LogP contribution is -2.27. The summed E-state index contributed by atoms with van der Waals surface area (Å²) in [7, 11) is 0. The second kappa shape index (κ2) is 9.32. The Balaban J connectivity index is 1.69. The first-order chi connectivity index (χ1) is 15.6. The SMILES string of the molecule is Cc1ccc(NC(=O)c2c(NC(=O)c3ccccc3Cl)sc3c2CCC(C(C)(C)C)C3)cc1. The van der Waals surface area contributed by atoms with E-state index in [0.717, 1.165) is 36.1 Å². The number of amides is 2. The largest absolute Gasteiger partial charge is 0.322 e. The lowest BCUT2D eigenvalue weighted by Gasteiger charge is -2.33. The van der Waals surface area contributed by atoms with Gasteiger partial charge in [0.2, 0.25) is 0 Å². The molecule has 1 unspecified atom stereocenters. The Morgan fingerprint density at radius 1 is 1.00 bits per heavy atom. The van der Waals surface area contributed by atoms with E-state index >= 15 is 0 Å². The van der Waals surface area contributed by atoms with Crippen molar-refractivity contribution in [1.82, 2.24) is 0 Å². The van der Waals surface area contributed by atoms with Crippen LogP contribution in [0.15, 0.2) is 48.5 Å². The summed E-state index contributed by atoms with van der Waals surface area (Å²) in [6, 6.07) is 14.7. The van der Waals surface area contributed by atoms with E-state index in [1.165, 1.54) is 16.2 Å². The highest BCUT2D eigenvalue weighted by atomic mass is 35.5. The summed E-state index contributed by atoms with van der Waals surface area (Å²) in [5.41, 5.74) is 4.07. The van der Waals surface area contributed by atoms with E-state index in [2.05, 4.69) is 31.4 Å². The topological polar surface area (TPSA) is 58.2 Å². The molecule has 2 N–H and O–H groups in total. The van der Waals surface area contributed by atoms with Gasteiger partial charge in [0.1, 0.15) is 5.00 Å². The smallest absolute Gasteiger partial charge is 0.258 e. The molecule has 0 bridgehead atoms. The number of thiophene rings is 1. The van der Waals surface area contributed by atoms with Crippen LogP contribution in [-0.2, 0) is 12.8 Å². The second-order valence-electron chi connectivity index (χ2n) is 9.77. The molecule has 3 aromatic rings. The van der Waals surface area contributed by atoms with Crippen molar-refractivity contribution in [3.05, 3.63) is 80.7 Å². The van der Waals surface area contributed by atoms with Crippen LogP contribution < -0.4 is 10.6 Å². The highest BCUT2D eigenvalue weighted by Crippen LogP contribution is 2.44. The van der Waals surface area contributed by atoms with Crippen LogP contribution in [0.3, 0.4) is 0 Å². The molecule has 4 nitrogen and oxygen atoms in total. The molecule has 2 aromatic carbocycles. The highest BCUT2D eigenvalue weighted by molar-refractivity contribution is 7.17. The van der Waals surface area contributed by atoms with Gasteiger partial charge in [-0.3, -0.25) is 9.59 Å². The summed E-state index contributed by atoms with van der Waals surface area (Å²) >= 11 is 7.76. The van der Waals surface area contributed by atoms with E-state index in [4.69, 9.17) is 11.6 Å². The summed E-state index contributed by atoms with van der Waals surface area (Å²) in [6.07, 6.45) is 2.76. The van der Waals surface area contributed by atoms with Gasteiger partial charge in [0, 0.05) is 10.6 Å². The molecular formula is C27H29ClN2O2S. The number of halogens is 1.